The number of carboxylic acids is 1. The van der Waals surface area contributed by atoms with Crippen molar-refractivity contribution in [2.75, 3.05) is 0 Å². The van der Waals surface area contributed by atoms with Crippen LogP contribution < -0.4 is 0 Å². The topological polar surface area (TPSA) is 37.3 Å². The van der Waals surface area contributed by atoms with Gasteiger partial charge >= 0.3 is 0 Å². The van der Waals surface area contributed by atoms with E-state index in [1.54, 1.807) is 0 Å². The van der Waals surface area contributed by atoms with Crippen LogP contribution in [0.15, 0.2) is 0 Å². The van der Waals surface area contributed by atoms with Crippen molar-refractivity contribution in [2.45, 2.75) is 0 Å². The zero-order valence-corrected chi connectivity index (χ0v) is 3.62. The van der Waals surface area contributed by atoms with Crippen LogP contribution in [0, 0.1) is 6.92 Å². The Balaban J connectivity index is 0. The third-order valence-electron chi connectivity index (χ3n) is 0. The van der Waals surface area contributed by atoms with Crippen LogP contribution in [0.25, 0.3) is 0 Å². The van der Waals surface area contributed by atoms with Gasteiger partial charge in [0, 0.05) is 17.1 Å². The molecule has 0 aromatic carbocycles. The predicted molar refractivity (Wildman–Crippen MR) is 13.0 cm³/mol. The maximum Gasteiger partial charge on any atom is 0.161 e. The van der Waals surface area contributed by atoms with Gasteiger partial charge in [-0.15, -0.1) is 0 Å². The van der Waals surface area contributed by atoms with Crippen molar-refractivity contribution in [3.63, 3.8) is 0 Å². The molecule has 0 aliphatic carbocycles. The van der Waals surface area contributed by atoms with Crippen LogP contribution in [0.3, 0.4) is 0 Å². The number of carboxylic acid groups (broad SMARTS) is 1. The Morgan fingerprint density at radius 2 is 1.80 bits per heavy atom. The fraction of sp³-hybridized carbons (Fsp3) is 0. The molecule has 0 unspecified atom stereocenters. The smallest absolute Gasteiger partial charge is 0.161 e. The summed E-state index contributed by atoms with van der Waals surface area (Å²) in [5.41, 5.74) is 0. The average Bonchev–Trinajstić information content (AvgIpc) is 0.811. The van der Waals surface area contributed by atoms with E-state index in [1.807, 2.05) is 0 Å². The molecule has 1 radical (unpaired) electrons. The van der Waals surface area contributed by atoms with E-state index >= 15 is 0 Å². The van der Waals surface area contributed by atoms with Gasteiger partial charge in [-0.2, -0.15) is 0 Å². The molecule has 0 aliphatic heterocycles. The zero-order valence-electron chi connectivity index (χ0n) is 2.44. The largest absolute Gasteiger partial charge is 0.503 e. The van der Waals surface area contributed by atoms with Crippen LogP contribution in [0.4, 0.5) is 0 Å². The molecule has 0 aliphatic rings. The van der Waals surface area contributed by atoms with Gasteiger partial charge in [0.05, 0.1) is 0 Å². The summed E-state index contributed by atoms with van der Waals surface area (Å²) in [6, 6.07) is 0. The quantitative estimate of drug-likeness (QED) is 0.352. The first-order valence-corrected chi connectivity index (χ1v) is 0.781. The predicted octanol–water partition coefficient (Wildman–Crippen LogP) is -0.0974. The molecule has 0 spiro atoms. The summed E-state index contributed by atoms with van der Waals surface area (Å²) in [4.78, 5) is 8.89. The van der Waals surface area contributed by atoms with Gasteiger partial charge in [0.2, 0.25) is 0 Å². The van der Waals surface area contributed by atoms with E-state index < -0.39 is 5.97 Å². The number of hydrogen-bond donors (Lipinski definition) is 1. The van der Waals surface area contributed by atoms with Gasteiger partial charge in [0.25, 0.3) is 0 Å². The fourth-order valence-electron chi connectivity index (χ4n) is 0. The molecule has 0 amide bonds. The van der Waals surface area contributed by atoms with Crippen LogP contribution in [-0.2, 0) is 21.9 Å². The summed E-state index contributed by atoms with van der Waals surface area (Å²) in [5.74, 6) is -1.08. The molecule has 0 aromatic rings. The van der Waals surface area contributed by atoms with Crippen molar-refractivity contribution in [3.8, 4) is 0 Å². The molecular formula is C2H3MnO2-. The van der Waals surface area contributed by atoms with Crippen molar-refractivity contribution >= 4 is 5.97 Å². The van der Waals surface area contributed by atoms with Gasteiger partial charge in [-0.3, -0.25) is 11.7 Å². The van der Waals surface area contributed by atoms with Crippen LogP contribution in [0.2, 0.25) is 0 Å². The number of aliphatic carboxylic acids is 1. The van der Waals surface area contributed by atoms with Gasteiger partial charge in [-0.1, -0.05) is 0 Å². The van der Waals surface area contributed by atoms with E-state index in [9.17, 15) is 0 Å². The summed E-state index contributed by atoms with van der Waals surface area (Å²) >= 11 is 0. The molecule has 2 nitrogen and oxygen atoms in total. The van der Waals surface area contributed by atoms with Crippen LogP contribution in [-0.4, -0.2) is 11.1 Å². The van der Waals surface area contributed by atoms with Crippen molar-refractivity contribution < 1.29 is 27.0 Å². The Kier molecular flexibility index (Phi) is 6.83. The first-order chi connectivity index (χ1) is 1.73. The summed E-state index contributed by atoms with van der Waals surface area (Å²) in [5, 5.41) is 7.31. The average molecular weight is 114 g/mol. The molecule has 0 heterocycles. The third kappa shape index (κ3) is 676. The fourth-order valence-corrected chi connectivity index (χ4v) is 0. The van der Waals surface area contributed by atoms with Gasteiger partial charge in [-0.05, 0) is 0 Å². The maximum absolute atomic E-state index is 8.89. The molecule has 3 heteroatoms. The van der Waals surface area contributed by atoms with Gasteiger partial charge in [0.1, 0.15) is 0 Å². The summed E-state index contributed by atoms with van der Waals surface area (Å²) in [6.45, 7) is 2.56. The molecule has 0 fully saturated rings. The Morgan fingerprint density at radius 3 is 1.80 bits per heavy atom. The Bertz CT molecular complexity index is 30.6. The van der Waals surface area contributed by atoms with Gasteiger partial charge in [0.15, 0.2) is 5.97 Å². The molecule has 0 saturated carbocycles. The monoisotopic (exact) mass is 114 g/mol. The van der Waals surface area contributed by atoms with Crippen LogP contribution in [0.1, 0.15) is 0 Å². The van der Waals surface area contributed by atoms with E-state index in [-0.39, 0.29) is 17.1 Å². The van der Waals surface area contributed by atoms with Gasteiger partial charge in [-0.25, -0.2) is 0 Å². The van der Waals surface area contributed by atoms with Crippen molar-refractivity contribution in [3.05, 3.63) is 6.92 Å². The number of carbonyl (C=O) groups is 1. The number of rotatable bonds is 0. The first-order valence-electron chi connectivity index (χ1n) is 0.781. The molecular weight excluding hydrogens is 111 g/mol. The Morgan fingerprint density at radius 1 is 1.80 bits per heavy atom. The van der Waals surface area contributed by atoms with Crippen LogP contribution >= 0.6 is 0 Å². The zero-order chi connectivity index (χ0) is 3.58. The van der Waals surface area contributed by atoms with E-state index in [4.69, 9.17) is 9.90 Å². The number of hydrogen-bond acceptors (Lipinski definition) is 1. The molecule has 0 rings (SSSR count). The van der Waals surface area contributed by atoms with Crippen molar-refractivity contribution in [1.29, 1.82) is 0 Å². The van der Waals surface area contributed by atoms with Crippen LogP contribution in [0.5, 0.6) is 0 Å². The minimum atomic E-state index is -1.08. The SMILES string of the molecule is [CH2-]C(=O)O.[Mn]. The second-order valence-electron chi connectivity index (χ2n) is 0.394. The minimum absolute atomic E-state index is 0. The Hall–Kier alpha value is -0.141. The molecule has 0 saturated heterocycles. The second-order valence-corrected chi connectivity index (χ2v) is 0.394. The minimum Gasteiger partial charge on any atom is -0.503 e. The molecule has 0 aromatic heterocycles. The van der Waals surface area contributed by atoms with Crippen molar-refractivity contribution in [1.82, 2.24) is 0 Å². The van der Waals surface area contributed by atoms with E-state index in [0.29, 0.717) is 0 Å². The van der Waals surface area contributed by atoms with E-state index in [2.05, 4.69) is 6.92 Å². The second kappa shape index (κ2) is 3.86. The van der Waals surface area contributed by atoms with Crippen molar-refractivity contribution in [2.24, 2.45) is 0 Å². The summed E-state index contributed by atoms with van der Waals surface area (Å²) in [6.07, 6.45) is 0. The Labute approximate surface area is 40.7 Å². The summed E-state index contributed by atoms with van der Waals surface area (Å²) < 4.78 is 0. The standard InChI is InChI=1S/C2H3O2.Mn/c1-2(3)4;/h1H2,(H,3,4);/q-1;. The summed E-state index contributed by atoms with van der Waals surface area (Å²) in [7, 11) is 0. The normalized spacial score (nSPS) is 4.80. The van der Waals surface area contributed by atoms with Gasteiger partial charge < -0.3 is 5.11 Å². The molecule has 5 heavy (non-hydrogen) atoms. The molecule has 31 valence electrons. The third-order valence-corrected chi connectivity index (χ3v) is 0. The first kappa shape index (κ1) is 8.85. The van der Waals surface area contributed by atoms with E-state index in [0.717, 1.165) is 0 Å². The molecule has 0 bridgehead atoms. The maximum atomic E-state index is 8.89. The molecule has 0 atom stereocenters. The molecule has 1 N–H and O–H groups in total. The van der Waals surface area contributed by atoms with E-state index in [1.165, 1.54) is 0 Å².